The summed E-state index contributed by atoms with van der Waals surface area (Å²) < 4.78 is 30.1. The lowest BCUT2D eigenvalue weighted by atomic mass is 10.1. The number of hydrogen-bond donors (Lipinski definition) is 1. The smallest absolute Gasteiger partial charge is 0.240 e. The molecule has 7 heteroatoms. The summed E-state index contributed by atoms with van der Waals surface area (Å²) in [7, 11) is -2.06. The molecule has 1 aromatic rings. The lowest BCUT2D eigenvalue weighted by Crippen LogP contribution is -2.40. The molecular formula is C15H24N2O4S. The summed E-state index contributed by atoms with van der Waals surface area (Å²) in [5.74, 6) is 0.685. The molecule has 1 N–H and O–H groups in total. The van der Waals surface area contributed by atoms with E-state index in [0.29, 0.717) is 23.9 Å². The summed E-state index contributed by atoms with van der Waals surface area (Å²) in [5, 5.41) is 2.74. The van der Waals surface area contributed by atoms with Crippen molar-refractivity contribution in [2.75, 3.05) is 30.8 Å². The molecule has 0 aliphatic carbocycles. The number of nitrogens with one attached hydrogen (secondary N) is 1. The molecule has 6 nitrogen and oxygen atoms in total. The Balaban J connectivity index is 2.84. The van der Waals surface area contributed by atoms with Crippen molar-refractivity contribution in [2.24, 2.45) is 5.92 Å². The Morgan fingerprint density at radius 1 is 1.36 bits per heavy atom. The van der Waals surface area contributed by atoms with Gasteiger partial charge in [-0.05, 0) is 24.5 Å². The van der Waals surface area contributed by atoms with Crippen LogP contribution < -0.4 is 14.4 Å². The Bertz CT molecular complexity index is 599. The lowest BCUT2D eigenvalue weighted by Gasteiger charge is -2.22. The van der Waals surface area contributed by atoms with Crippen molar-refractivity contribution >= 4 is 21.6 Å². The van der Waals surface area contributed by atoms with Gasteiger partial charge in [-0.2, -0.15) is 0 Å². The fraction of sp³-hybridized carbons (Fsp3) is 0.533. The maximum Gasteiger partial charge on any atom is 0.240 e. The van der Waals surface area contributed by atoms with Crippen LogP contribution in [0.4, 0.5) is 5.69 Å². The second kappa shape index (κ2) is 8.03. The standard InChI is InChI=1S/C15H24N2O4S/c1-12(2)8-9-16-15(18)11-17(22(4,19)20)13-6-5-7-14(10-13)21-3/h5-7,10,12H,8-9,11H2,1-4H3,(H,16,18). The number of carbonyl (C=O) groups excluding carboxylic acids is 1. The first-order valence-electron chi connectivity index (χ1n) is 7.12. The molecule has 0 unspecified atom stereocenters. The fourth-order valence-electron chi connectivity index (χ4n) is 1.85. The van der Waals surface area contributed by atoms with Gasteiger partial charge in [0.1, 0.15) is 12.3 Å². The van der Waals surface area contributed by atoms with Crippen molar-refractivity contribution in [3.8, 4) is 5.75 Å². The van der Waals surface area contributed by atoms with Crippen LogP contribution >= 0.6 is 0 Å². The van der Waals surface area contributed by atoms with Crippen LogP contribution in [0.1, 0.15) is 20.3 Å². The van der Waals surface area contributed by atoms with Crippen LogP contribution in [-0.4, -0.2) is 40.8 Å². The second-order valence-corrected chi connectivity index (χ2v) is 7.41. The third-order valence-electron chi connectivity index (χ3n) is 3.07. The highest BCUT2D eigenvalue weighted by Gasteiger charge is 2.21. The molecule has 0 bridgehead atoms. The van der Waals surface area contributed by atoms with Gasteiger partial charge in [-0.1, -0.05) is 19.9 Å². The molecule has 1 amide bonds. The summed E-state index contributed by atoms with van der Waals surface area (Å²) in [6.45, 7) is 4.41. The van der Waals surface area contributed by atoms with Crippen LogP contribution in [0.5, 0.6) is 5.75 Å². The van der Waals surface area contributed by atoms with Crippen LogP contribution in [0.25, 0.3) is 0 Å². The topological polar surface area (TPSA) is 75.7 Å². The van der Waals surface area contributed by atoms with E-state index in [-0.39, 0.29) is 12.5 Å². The minimum absolute atomic E-state index is 0.246. The normalized spacial score (nSPS) is 11.3. The predicted molar refractivity (Wildman–Crippen MR) is 87.6 cm³/mol. The average Bonchev–Trinajstić information content (AvgIpc) is 2.43. The molecule has 0 heterocycles. The van der Waals surface area contributed by atoms with Crippen molar-refractivity contribution in [3.63, 3.8) is 0 Å². The van der Waals surface area contributed by atoms with E-state index in [1.807, 2.05) is 0 Å². The van der Waals surface area contributed by atoms with E-state index >= 15 is 0 Å². The Labute approximate surface area is 132 Å². The average molecular weight is 328 g/mol. The first-order chi connectivity index (χ1) is 10.2. The van der Waals surface area contributed by atoms with E-state index in [1.54, 1.807) is 24.3 Å². The number of rotatable bonds is 8. The summed E-state index contributed by atoms with van der Waals surface area (Å²) in [5.41, 5.74) is 0.404. The number of anilines is 1. The Hall–Kier alpha value is -1.76. The second-order valence-electron chi connectivity index (χ2n) is 5.50. The van der Waals surface area contributed by atoms with Crippen LogP contribution in [0.3, 0.4) is 0 Å². The monoisotopic (exact) mass is 328 g/mol. The van der Waals surface area contributed by atoms with E-state index < -0.39 is 10.0 Å². The molecular weight excluding hydrogens is 304 g/mol. The van der Waals surface area contributed by atoms with E-state index in [4.69, 9.17) is 4.74 Å². The van der Waals surface area contributed by atoms with Crippen molar-refractivity contribution in [1.29, 1.82) is 0 Å². The molecule has 0 atom stereocenters. The van der Waals surface area contributed by atoms with E-state index in [2.05, 4.69) is 19.2 Å². The van der Waals surface area contributed by atoms with Crippen molar-refractivity contribution < 1.29 is 17.9 Å². The number of amides is 1. The van der Waals surface area contributed by atoms with Crippen LogP contribution in [0, 0.1) is 5.92 Å². The molecule has 0 aromatic heterocycles. The maximum absolute atomic E-state index is 12.0. The van der Waals surface area contributed by atoms with Crippen LogP contribution in [-0.2, 0) is 14.8 Å². The molecule has 0 radical (unpaired) electrons. The zero-order chi connectivity index (χ0) is 16.8. The zero-order valence-corrected chi connectivity index (χ0v) is 14.3. The number of ether oxygens (including phenoxy) is 1. The zero-order valence-electron chi connectivity index (χ0n) is 13.5. The van der Waals surface area contributed by atoms with Gasteiger partial charge in [-0.3, -0.25) is 9.10 Å². The van der Waals surface area contributed by atoms with Gasteiger partial charge in [0.05, 0.1) is 19.1 Å². The van der Waals surface area contributed by atoms with Gasteiger partial charge >= 0.3 is 0 Å². The van der Waals surface area contributed by atoms with Gasteiger partial charge in [0.25, 0.3) is 0 Å². The first-order valence-corrected chi connectivity index (χ1v) is 8.97. The molecule has 1 rings (SSSR count). The minimum atomic E-state index is -3.56. The van der Waals surface area contributed by atoms with Crippen molar-refractivity contribution in [2.45, 2.75) is 20.3 Å². The van der Waals surface area contributed by atoms with Crippen LogP contribution in [0.2, 0.25) is 0 Å². The van der Waals surface area contributed by atoms with Crippen molar-refractivity contribution in [1.82, 2.24) is 5.32 Å². The Morgan fingerprint density at radius 2 is 2.05 bits per heavy atom. The minimum Gasteiger partial charge on any atom is -0.497 e. The molecule has 0 aliphatic rings. The highest BCUT2D eigenvalue weighted by atomic mass is 32.2. The highest BCUT2D eigenvalue weighted by molar-refractivity contribution is 7.92. The molecule has 22 heavy (non-hydrogen) atoms. The fourth-order valence-corrected chi connectivity index (χ4v) is 2.70. The number of methoxy groups -OCH3 is 1. The molecule has 0 fully saturated rings. The summed E-state index contributed by atoms with van der Waals surface area (Å²) in [6.07, 6.45) is 1.93. The molecule has 0 saturated carbocycles. The van der Waals surface area contributed by atoms with Crippen molar-refractivity contribution in [3.05, 3.63) is 24.3 Å². The number of benzene rings is 1. The van der Waals surface area contributed by atoms with E-state index in [0.717, 1.165) is 17.0 Å². The molecule has 0 aliphatic heterocycles. The van der Waals surface area contributed by atoms with Gasteiger partial charge in [0, 0.05) is 12.6 Å². The SMILES string of the molecule is COc1cccc(N(CC(=O)NCCC(C)C)S(C)(=O)=O)c1. The third-order valence-corrected chi connectivity index (χ3v) is 4.21. The Kier molecular flexibility index (Phi) is 6.67. The summed E-state index contributed by atoms with van der Waals surface area (Å²) in [4.78, 5) is 12.0. The van der Waals surface area contributed by atoms with Gasteiger partial charge in [0.15, 0.2) is 0 Å². The van der Waals surface area contributed by atoms with Gasteiger partial charge in [-0.25, -0.2) is 8.42 Å². The molecule has 0 saturated heterocycles. The number of sulfonamides is 1. The number of carbonyl (C=O) groups is 1. The molecule has 1 aromatic carbocycles. The Morgan fingerprint density at radius 3 is 2.59 bits per heavy atom. The molecule has 0 spiro atoms. The number of hydrogen-bond acceptors (Lipinski definition) is 4. The predicted octanol–water partition coefficient (Wildman–Crippen LogP) is 1.62. The maximum atomic E-state index is 12.0. The molecule has 124 valence electrons. The van der Waals surface area contributed by atoms with E-state index in [1.165, 1.54) is 7.11 Å². The van der Waals surface area contributed by atoms with Gasteiger partial charge in [0.2, 0.25) is 15.9 Å². The summed E-state index contributed by atoms with van der Waals surface area (Å²) in [6, 6.07) is 6.61. The van der Waals surface area contributed by atoms with Gasteiger partial charge in [-0.15, -0.1) is 0 Å². The highest BCUT2D eigenvalue weighted by Crippen LogP contribution is 2.22. The quantitative estimate of drug-likeness (QED) is 0.787. The lowest BCUT2D eigenvalue weighted by molar-refractivity contribution is -0.119. The largest absolute Gasteiger partial charge is 0.497 e. The number of nitrogens with zero attached hydrogens (tertiary/aromatic N) is 1. The summed E-state index contributed by atoms with van der Waals surface area (Å²) >= 11 is 0. The first kappa shape index (κ1) is 18.3. The van der Waals surface area contributed by atoms with E-state index in [9.17, 15) is 13.2 Å². The van der Waals surface area contributed by atoms with Gasteiger partial charge < -0.3 is 10.1 Å². The van der Waals surface area contributed by atoms with Crippen LogP contribution in [0.15, 0.2) is 24.3 Å². The third kappa shape index (κ3) is 5.93.